The summed E-state index contributed by atoms with van der Waals surface area (Å²) < 4.78 is 0. The molecule has 0 aromatic heterocycles. The van der Waals surface area contributed by atoms with Gasteiger partial charge in [0.1, 0.15) is 5.78 Å². The van der Waals surface area contributed by atoms with Gasteiger partial charge in [0.05, 0.1) is 0 Å². The van der Waals surface area contributed by atoms with Crippen LogP contribution < -0.4 is 5.32 Å². The SMILES string of the molecule is C=C(/C=C(Cl)\C=C/CCC)CCC.CCCC(C)=O.C\C=C(C(/C(C)=N/C=C/CC)=C(/C)N1CCNC(C)C1)\C(C)CC. The highest BCUT2D eigenvalue weighted by Gasteiger charge is 2.22. The molecule has 0 amide bonds. The molecule has 0 aromatic carbocycles. The number of Topliss-reactive ketones (excluding diaryl/α,β-unsaturated/α-hetero) is 1. The molecule has 43 heavy (non-hydrogen) atoms. The Morgan fingerprint density at radius 3 is 2.19 bits per heavy atom. The topological polar surface area (TPSA) is 44.7 Å². The summed E-state index contributed by atoms with van der Waals surface area (Å²) in [6.07, 6.45) is 20.6. The number of allylic oxidation sites excluding steroid dienone is 10. The fraction of sp³-hybridized carbons (Fsp3) is 0.632. The molecular formula is C38H66ClN3O. The molecular weight excluding hydrogens is 550 g/mol. The van der Waals surface area contributed by atoms with Crippen LogP contribution in [0.4, 0.5) is 0 Å². The number of rotatable bonds is 15. The van der Waals surface area contributed by atoms with E-state index in [0.717, 1.165) is 87.3 Å². The highest BCUT2D eigenvalue weighted by atomic mass is 35.5. The molecule has 1 rings (SSSR count). The molecule has 246 valence electrons. The van der Waals surface area contributed by atoms with Crippen LogP contribution in [0.25, 0.3) is 0 Å². The molecule has 1 heterocycles. The van der Waals surface area contributed by atoms with Gasteiger partial charge in [0.2, 0.25) is 0 Å². The third kappa shape index (κ3) is 21.2. The van der Waals surface area contributed by atoms with E-state index in [9.17, 15) is 4.79 Å². The molecule has 1 aliphatic heterocycles. The van der Waals surface area contributed by atoms with Crippen molar-refractivity contribution in [3.05, 3.63) is 70.6 Å². The average Bonchev–Trinajstić information content (AvgIpc) is 2.96. The molecule has 1 fully saturated rings. The van der Waals surface area contributed by atoms with Gasteiger partial charge in [-0.1, -0.05) is 96.4 Å². The molecule has 4 nitrogen and oxygen atoms in total. The third-order valence-electron chi connectivity index (χ3n) is 7.17. The first-order valence-electron chi connectivity index (χ1n) is 16.7. The van der Waals surface area contributed by atoms with Crippen molar-refractivity contribution in [2.45, 2.75) is 134 Å². The molecule has 2 unspecified atom stereocenters. The van der Waals surface area contributed by atoms with Crippen molar-refractivity contribution in [3.8, 4) is 0 Å². The Bertz CT molecular complexity index is 968. The maximum Gasteiger partial charge on any atom is 0.129 e. The minimum Gasteiger partial charge on any atom is -0.372 e. The maximum absolute atomic E-state index is 10.0. The fourth-order valence-electron chi connectivity index (χ4n) is 4.66. The van der Waals surface area contributed by atoms with Crippen LogP contribution in [0.5, 0.6) is 0 Å². The number of piperazine rings is 1. The van der Waals surface area contributed by atoms with Crippen LogP contribution in [-0.2, 0) is 4.79 Å². The lowest BCUT2D eigenvalue weighted by atomic mass is 9.87. The van der Waals surface area contributed by atoms with Gasteiger partial charge in [0.25, 0.3) is 0 Å². The van der Waals surface area contributed by atoms with Crippen molar-refractivity contribution in [1.29, 1.82) is 0 Å². The summed E-state index contributed by atoms with van der Waals surface area (Å²) in [6.45, 7) is 30.5. The third-order valence-corrected chi connectivity index (χ3v) is 7.40. The summed E-state index contributed by atoms with van der Waals surface area (Å²) in [5, 5.41) is 4.32. The van der Waals surface area contributed by atoms with Crippen LogP contribution in [0.1, 0.15) is 128 Å². The van der Waals surface area contributed by atoms with E-state index < -0.39 is 0 Å². The second kappa shape index (κ2) is 27.4. The molecule has 0 aromatic rings. The van der Waals surface area contributed by atoms with Gasteiger partial charge < -0.3 is 15.0 Å². The number of nitrogens with zero attached hydrogens (tertiary/aromatic N) is 2. The van der Waals surface area contributed by atoms with Crippen molar-refractivity contribution in [2.75, 3.05) is 19.6 Å². The molecule has 5 heteroatoms. The van der Waals surface area contributed by atoms with E-state index in [1.807, 2.05) is 25.3 Å². The average molecular weight is 616 g/mol. The van der Waals surface area contributed by atoms with Gasteiger partial charge in [0.15, 0.2) is 0 Å². The molecule has 1 saturated heterocycles. The molecule has 1 N–H and O–H groups in total. The Kier molecular flexibility index (Phi) is 27.4. The zero-order chi connectivity index (χ0) is 33.2. The Hall–Kier alpha value is -2.17. The van der Waals surface area contributed by atoms with E-state index in [0.29, 0.717) is 12.0 Å². The molecule has 0 bridgehead atoms. The van der Waals surface area contributed by atoms with Gasteiger partial charge in [-0.05, 0) is 90.4 Å². The predicted molar refractivity (Wildman–Crippen MR) is 195 cm³/mol. The van der Waals surface area contributed by atoms with Crippen molar-refractivity contribution in [2.24, 2.45) is 10.9 Å². The van der Waals surface area contributed by atoms with Gasteiger partial charge >= 0.3 is 0 Å². The van der Waals surface area contributed by atoms with E-state index in [2.05, 4.69) is 97.3 Å². The van der Waals surface area contributed by atoms with Gasteiger partial charge in [-0.3, -0.25) is 4.99 Å². The quantitative estimate of drug-likeness (QED) is 0.147. The van der Waals surface area contributed by atoms with Crippen LogP contribution in [0.2, 0.25) is 0 Å². The normalized spacial score (nSPS) is 17.6. The predicted octanol–water partition coefficient (Wildman–Crippen LogP) is 11.1. The second-order valence-corrected chi connectivity index (χ2v) is 11.8. The molecule has 0 spiro atoms. The number of hydrogen-bond donors (Lipinski definition) is 1. The van der Waals surface area contributed by atoms with Gasteiger partial charge in [0, 0.05) is 60.3 Å². The van der Waals surface area contributed by atoms with Crippen molar-refractivity contribution >= 4 is 23.1 Å². The molecule has 2 atom stereocenters. The van der Waals surface area contributed by atoms with E-state index in [1.165, 1.54) is 16.8 Å². The summed E-state index contributed by atoms with van der Waals surface area (Å²) in [4.78, 5) is 17.3. The standard InChI is InChI=1S/C21H37N3.C12H19Cl.C5H10O/c1-8-11-12-23-18(6)21(20(10-3)16(4)9-2)19(7)24-14-13-22-17(5)15-24;1-4-6-7-9-12(13)10-11(3)8-5-2;1-3-4-5(2)6/h10-12,16-17,22H,8-9,13-15H2,1-7H3;7,9-10H,3-6,8H2,1-2H3;3-4H2,1-2H3/b12-11+,20-10-,21-19-,23-18+;9-7-,12-10+;. The summed E-state index contributed by atoms with van der Waals surface area (Å²) in [5.74, 6) is 0.832. The number of nitrogens with one attached hydrogen (secondary N) is 1. The lowest BCUT2D eigenvalue weighted by Crippen LogP contribution is -2.48. The van der Waals surface area contributed by atoms with Gasteiger partial charge in [-0.2, -0.15) is 0 Å². The second-order valence-electron chi connectivity index (χ2n) is 11.4. The van der Waals surface area contributed by atoms with Gasteiger partial charge in [-0.25, -0.2) is 0 Å². The minimum absolute atomic E-state index is 0.289. The summed E-state index contributed by atoms with van der Waals surface area (Å²) >= 11 is 5.96. The van der Waals surface area contributed by atoms with Crippen LogP contribution >= 0.6 is 11.6 Å². The smallest absolute Gasteiger partial charge is 0.129 e. The first-order chi connectivity index (χ1) is 20.4. The van der Waals surface area contributed by atoms with Crippen LogP contribution in [0, 0.1) is 5.92 Å². The molecule has 0 aliphatic carbocycles. The monoisotopic (exact) mass is 615 g/mol. The van der Waals surface area contributed by atoms with Crippen LogP contribution in [-0.4, -0.2) is 42.1 Å². The molecule has 0 saturated carbocycles. The molecule has 0 radical (unpaired) electrons. The number of carbonyl (C=O) groups is 1. The zero-order valence-electron chi connectivity index (χ0n) is 29.8. The van der Waals surface area contributed by atoms with Crippen LogP contribution in [0.3, 0.4) is 0 Å². The van der Waals surface area contributed by atoms with E-state index >= 15 is 0 Å². The Morgan fingerprint density at radius 1 is 1.07 bits per heavy atom. The number of halogens is 1. The molecule has 1 aliphatic rings. The number of aliphatic imine (C=N–C) groups is 1. The van der Waals surface area contributed by atoms with Crippen LogP contribution in [0.15, 0.2) is 75.6 Å². The van der Waals surface area contributed by atoms with Gasteiger partial charge in [-0.15, -0.1) is 0 Å². The lowest BCUT2D eigenvalue weighted by molar-refractivity contribution is -0.117. The maximum atomic E-state index is 10.0. The van der Waals surface area contributed by atoms with Crippen molar-refractivity contribution < 1.29 is 4.79 Å². The summed E-state index contributed by atoms with van der Waals surface area (Å²) in [5.41, 5.74) is 6.35. The fourth-order valence-corrected chi connectivity index (χ4v) is 4.90. The number of unbranched alkanes of at least 4 members (excludes halogenated alkanes) is 1. The number of ketones is 1. The largest absolute Gasteiger partial charge is 0.372 e. The van der Waals surface area contributed by atoms with E-state index in [4.69, 9.17) is 16.6 Å². The summed E-state index contributed by atoms with van der Waals surface area (Å²) in [6, 6.07) is 0.532. The Balaban J connectivity index is 0. The zero-order valence-corrected chi connectivity index (χ0v) is 30.5. The number of hydrogen-bond acceptors (Lipinski definition) is 4. The minimum atomic E-state index is 0.289. The Morgan fingerprint density at radius 2 is 1.72 bits per heavy atom. The first kappa shape index (κ1) is 43.0. The van der Waals surface area contributed by atoms with E-state index in [1.54, 1.807) is 6.92 Å². The highest BCUT2D eigenvalue weighted by molar-refractivity contribution is 6.31. The van der Waals surface area contributed by atoms with Crippen molar-refractivity contribution in [3.63, 3.8) is 0 Å². The van der Waals surface area contributed by atoms with E-state index in [-0.39, 0.29) is 5.78 Å². The van der Waals surface area contributed by atoms with Crippen molar-refractivity contribution in [1.82, 2.24) is 10.2 Å². The highest BCUT2D eigenvalue weighted by Crippen LogP contribution is 2.28. The lowest BCUT2D eigenvalue weighted by Gasteiger charge is -2.36. The number of carbonyl (C=O) groups excluding carboxylic acids is 1. The Labute approximate surface area is 272 Å². The summed E-state index contributed by atoms with van der Waals surface area (Å²) in [7, 11) is 0. The first-order valence-corrected chi connectivity index (χ1v) is 17.1.